The number of benzene rings is 1. The van der Waals surface area contributed by atoms with Crippen molar-refractivity contribution in [2.45, 2.75) is 24.5 Å². The summed E-state index contributed by atoms with van der Waals surface area (Å²) < 4.78 is 63.9. The van der Waals surface area contributed by atoms with E-state index in [1.807, 2.05) is 6.07 Å². The molecule has 23 heavy (non-hydrogen) atoms. The molecule has 2 rings (SSSR count). The Bertz CT molecular complexity index is 866. The van der Waals surface area contributed by atoms with Crippen LogP contribution >= 0.6 is 0 Å². The van der Waals surface area contributed by atoms with Crippen LogP contribution in [0.25, 0.3) is 0 Å². The van der Waals surface area contributed by atoms with Crippen LogP contribution in [0.4, 0.5) is 18.9 Å². The summed E-state index contributed by atoms with van der Waals surface area (Å²) in [6, 6.07) is 6.46. The zero-order valence-corrected chi connectivity index (χ0v) is 12.6. The molecule has 0 aliphatic carbocycles. The van der Waals surface area contributed by atoms with E-state index in [0.717, 1.165) is 12.4 Å². The first kappa shape index (κ1) is 16.8. The van der Waals surface area contributed by atoms with E-state index < -0.39 is 27.6 Å². The Labute approximate surface area is 130 Å². The van der Waals surface area contributed by atoms with Crippen LogP contribution in [0, 0.1) is 18.3 Å². The molecule has 0 aliphatic heterocycles. The number of rotatable bonds is 4. The summed E-state index contributed by atoms with van der Waals surface area (Å²) in [5, 5.41) is 12.5. The van der Waals surface area contributed by atoms with Crippen molar-refractivity contribution < 1.29 is 21.6 Å². The van der Waals surface area contributed by atoms with E-state index in [4.69, 9.17) is 5.26 Å². The van der Waals surface area contributed by atoms with Gasteiger partial charge in [-0.15, -0.1) is 0 Å². The average molecular weight is 344 g/mol. The van der Waals surface area contributed by atoms with Crippen molar-refractivity contribution in [1.29, 1.82) is 5.26 Å². The molecule has 0 radical (unpaired) electrons. The maximum Gasteiger partial charge on any atom is 0.408 e. The van der Waals surface area contributed by atoms with E-state index in [-0.39, 0.29) is 11.3 Å². The maximum atomic E-state index is 12.3. The van der Waals surface area contributed by atoms with Crippen LogP contribution in [-0.4, -0.2) is 24.4 Å². The highest BCUT2D eigenvalue weighted by Crippen LogP contribution is 2.23. The van der Waals surface area contributed by atoms with Gasteiger partial charge in [-0.2, -0.15) is 23.5 Å². The quantitative estimate of drug-likeness (QED) is 0.923. The average Bonchev–Trinajstić information content (AvgIpc) is 2.85. The minimum Gasteiger partial charge on any atom is -0.278 e. The van der Waals surface area contributed by atoms with E-state index in [9.17, 15) is 21.6 Å². The largest absolute Gasteiger partial charge is 0.408 e. The molecule has 10 heteroatoms. The number of nitrogens with one attached hydrogen (secondary N) is 1. The van der Waals surface area contributed by atoms with Crippen molar-refractivity contribution in [2.75, 3.05) is 4.72 Å². The molecule has 0 unspecified atom stereocenters. The molecule has 1 heterocycles. The topological polar surface area (TPSA) is 87.8 Å². The summed E-state index contributed by atoms with van der Waals surface area (Å²) in [5.41, 5.74) is 0.760. The third kappa shape index (κ3) is 4.01. The number of aryl methyl sites for hydroxylation is 1. The van der Waals surface area contributed by atoms with Crippen molar-refractivity contribution in [3.05, 3.63) is 41.7 Å². The maximum absolute atomic E-state index is 12.3. The van der Waals surface area contributed by atoms with Crippen LogP contribution in [0.3, 0.4) is 0 Å². The first-order valence-electron chi connectivity index (χ1n) is 6.24. The molecule has 0 bridgehead atoms. The van der Waals surface area contributed by atoms with Crippen LogP contribution in [0.2, 0.25) is 0 Å². The number of hydrogen-bond acceptors (Lipinski definition) is 4. The fourth-order valence-corrected chi connectivity index (χ4v) is 2.88. The van der Waals surface area contributed by atoms with Gasteiger partial charge < -0.3 is 0 Å². The lowest BCUT2D eigenvalue weighted by molar-refractivity contribution is -0.142. The Hall–Kier alpha value is -2.54. The van der Waals surface area contributed by atoms with E-state index in [1.165, 1.54) is 6.07 Å². The number of sulfonamides is 1. The first-order valence-corrected chi connectivity index (χ1v) is 7.72. The van der Waals surface area contributed by atoms with Crippen molar-refractivity contribution in [3.8, 4) is 6.07 Å². The van der Waals surface area contributed by atoms with Gasteiger partial charge in [-0.05, 0) is 18.6 Å². The zero-order valence-electron chi connectivity index (χ0n) is 11.8. The fourth-order valence-electron chi connectivity index (χ4n) is 1.86. The smallest absolute Gasteiger partial charge is 0.278 e. The lowest BCUT2D eigenvalue weighted by Crippen LogP contribution is -2.18. The van der Waals surface area contributed by atoms with E-state index in [1.54, 1.807) is 19.1 Å². The van der Waals surface area contributed by atoms with Crippen LogP contribution < -0.4 is 4.72 Å². The Kier molecular flexibility index (Phi) is 4.33. The minimum atomic E-state index is -4.51. The van der Waals surface area contributed by atoms with Gasteiger partial charge in [-0.25, -0.2) is 8.42 Å². The molecule has 0 spiro atoms. The fraction of sp³-hybridized carbons (Fsp3) is 0.231. The first-order chi connectivity index (χ1) is 10.6. The third-order valence-corrected chi connectivity index (χ3v) is 4.21. The molecular formula is C13H11F3N4O2S. The van der Waals surface area contributed by atoms with Crippen molar-refractivity contribution >= 4 is 15.7 Å². The van der Waals surface area contributed by atoms with Crippen LogP contribution in [-0.2, 0) is 16.6 Å². The number of nitriles is 1. The zero-order chi connectivity index (χ0) is 17.3. The second-order valence-electron chi connectivity index (χ2n) is 4.70. The normalized spacial score (nSPS) is 12.0. The van der Waals surface area contributed by atoms with E-state index in [0.29, 0.717) is 10.2 Å². The molecule has 0 saturated carbocycles. The molecular weight excluding hydrogens is 333 g/mol. The molecule has 2 aromatic rings. The summed E-state index contributed by atoms with van der Waals surface area (Å²) in [7, 11) is -4.15. The van der Waals surface area contributed by atoms with Gasteiger partial charge in [0.15, 0.2) is 0 Å². The van der Waals surface area contributed by atoms with Crippen molar-refractivity contribution in [3.63, 3.8) is 0 Å². The molecule has 1 aromatic carbocycles. The summed E-state index contributed by atoms with van der Waals surface area (Å²) in [4.78, 5) is -0.424. The van der Waals surface area contributed by atoms with Gasteiger partial charge in [0.05, 0.1) is 17.4 Å². The molecule has 0 aliphatic rings. The van der Waals surface area contributed by atoms with Crippen molar-refractivity contribution in [1.82, 2.24) is 9.78 Å². The van der Waals surface area contributed by atoms with Crippen LogP contribution in [0.15, 0.2) is 35.5 Å². The van der Waals surface area contributed by atoms with Gasteiger partial charge in [-0.1, -0.05) is 12.1 Å². The molecule has 6 nitrogen and oxygen atoms in total. The molecule has 1 aromatic heterocycles. The number of aromatic nitrogens is 2. The molecule has 0 saturated heterocycles. The summed E-state index contributed by atoms with van der Waals surface area (Å²) in [6.45, 7) is 0.244. The van der Waals surface area contributed by atoms with Gasteiger partial charge in [-0.3, -0.25) is 9.40 Å². The van der Waals surface area contributed by atoms with Crippen LogP contribution in [0.5, 0.6) is 0 Å². The van der Waals surface area contributed by atoms with Gasteiger partial charge in [0.1, 0.15) is 17.5 Å². The Morgan fingerprint density at radius 3 is 2.70 bits per heavy atom. The summed E-state index contributed by atoms with van der Waals surface area (Å²) in [5.74, 6) is 0. The molecule has 1 N–H and O–H groups in total. The molecule has 122 valence electrons. The summed E-state index contributed by atoms with van der Waals surface area (Å²) in [6.07, 6.45) is -2.92. The standard InChI is InChI=1S/C13H11F3N4O2S/c1-9-3-2-4-12(11(9)5-17)19-23(21,22)10-6-18-20(7-10)8-13(14,15)16/h2-4,6-7,19H,8H2,1H3. The Morgan fingerprint density at radius 2 is 2.09 bits per heavy atom. The van der Waals surface area contributed by atoms with Gasteiger partial charge in [0.2, 0.25) is 0 Å². The van der Waals surface area contributed by atoms with Crippen molar-refractivity contribution in [2.24, 2.45) is 0 Å². The van der Waals surface area contributed by atoms with Crippen LogP contribution in [0.1, 0.15) is 11.1 Å². The highest BCUT2D eigenvalue weighted by molar-refractivity contribution is 7.92. The molecule has 0 amide bonds. The highest BCUT2D eigenvalue weighted by atomic mass is 32.2. The SMILES string of the molecule is Cc1cccc(NS(=O)(=O)c2cnn(CC(F)(F)F)c2)c1C#N. The number of alkyl halides is 3. The summed E-state index contributed by atoms with van der Waals surface area (Å²) >= 11 is 0. The monoisotopic (exact) mass is 344 g/mol. The predicted molar refractivity (Wildman–Crippen MR) is 75.0 cm³/mol. The second kappa shape index (κ2) is 5.92. The number of nitrogens with zero attached hydrogens (tertiary/aromatic N) is 3. The lowest BCUT2D eigenvalue weighted by atomic mass is 10.1. The van der Waals surface area contributed by atoms with E-state index in [2.05, 4.69) is 9.82 Å². The highest BCUT2D eigenvalue weighted by Gasteiger charge is 2.29. The number of halogens is 3. The van der Waals surface area contributed by atoms with E-state index >= 15 is 0 Å². The van der Waals surface area contributed by atoms with Gasteiger partial charge >= 0.3 is 6.18 Å². The Morgan fingerprint density at radius 1 is 1.39 bits per heavy atom. The number of hydrogen-bond donors (Lipinski definition) is 1. The molecule has 0 fully saturated rings. The predicted octanol–water partition coefficient (Wildman–Crippen LogP) is 2.43. The minimum absolute atomic E-state index is 0.0519. The van der Waals surface area contributed by atoms with Gasteiger partial charge in [0.25, 0.3) is 10.0 Å². The lowest BCUT2D eigenvalue weighted by Gasteiger charge is -2.09. The Balaban J connectivity index is 2.31. The molecule has 0 atom stereocenters. The van der Waals surface area contributed by atoms with Gasteiger partial charge in [0, 0.05) is 6.20 Å². The second-order valence-corrected chi connectivity index (χ2v) is 6.39. The third-order valence-electron chi connectivity index (χ3n) is 2.89. The number of anilines is 1.